The summed E-state index contributed by atoms with van der Waals surface area (Å²) in [6.07, 6.45) is 0. The van der Waals surface area contributed by atoms with Crippen LogP contribution in [0.4, 0.5) is 5.69 Å². The second-order valence-corrected chi connectivity index (χ2v) is 8.01. The predicted octanol–water partition coefficient (Wildman–Crippen LogP) is 5.21. The zero-order chi connectivity index (χ0) is 16.8. The Hall–Kier alpha value is -0.730. The molecule has 0 radical (unpaired) electrons. The number of phosphoric ester groups is 1. The van der Waals surface area contributed by atoms with Crippen LogP contribution in [0.1, 0.15) is 19.4 Å². The maximum absolute atomic E-state index is 12.4. The number of nitro groups is 1. The third kappa shape index (κ3) is 5.48. The zero-order valence-corrected chi connectivity index (χ0v) is 15.9. The van der Waals surface area contributed by atoms with Gasteiger partial charge in [0.2, 0.25) is 0 Å². The van der Waals surface area contributed by atoms with E-state index in [1.165, 1.54) is 24.3 Å². The van der Waals surface area contributed by atoms with Crippen LogP contribution in [-0.4, -0.2) is 18.1 Å². The van der Waals surface area contributed by atoms with Gasteiger partial charge in [-0.15, -0.1) is 0 Å². The minimum Gasteiger partial charge on any atom is -0.402 e. The third-order valence-corrected chi connectivity index (χ3v) is 4.56. The summed E-state index contributed by atoms with van der Waals surface area (Å²) in [5.74, 6) is 0.153. The number of phosphoric acid groups is 1. The lowest BCUT2D eigenvalue weighted by atomic mass is 10.2. The van der Waals surface area contributed by atoms with Crippen molar-refractivity contribution in [1.82, 2.24) is 0 Å². The summed E-state index contributed by atoms with van der Waals surface area (Å²) in [5.41, 5.74) is 0.403. The fourth-order valence-corrected chi connectivity index (χ4v) is 3.55. The Kier molecular flexibility index (Phi) is 7.71. The van der Waals surface area contributed by atoms with Gasteiger partial charge in [0.05, 0.1) is 18.1 Å². The van der Waals surface area contributed by atoms with E-state index in [0.717, 1.165) is 0 Å². The van der Waals surface area contributed by atoms with Crippen molar-refractivity contribution in [3.05, 3.63) is 43.3 Å². The highest BCUT2D eigenvalue weighted by Crippen LogP contribution is 2.54. The number of halogens is 2. The Labute approximate surface area is 144 Å². The van der Waals surface area contributed by atoms with E-state index in [1.54, 1.807) is 13.8 Å². The third-order valence-electron chi connectivity index (χ3n) is 2.29. The number of benzene rings is 1. The van der Waals surface area contributed by atoms with Crippen molar-refractivity contribution in [3.63, 3.8) is 0 Å². The van der Waals surface area contributed by atoms with Gasteiger partial charge in [0.15, 0.2) is 5.76 Å². The van der Waals surface area contributed by atoms with Crippen molar-refractivity contribution in [3.8, 4) is 0 Å². The number of hydrogen-bond acceptors (Lipinski definition) is 6. The molecule has 0 fully saturated rings. The molecule has 0 spiro atoms. The van der Waals surface area contributed by atoms with Gasteiger partial charge in [-0.25, -0.2) is 4.57 Å². The topological polar surface area (TPSA) is 87.9 Å². The summed E-state index contributed by atoms with van der Waals surface area (Å²) in [4.78, 5) is 10.2. The van der Waals surface area contributed by atoms with Crippen LogP contribution >= 0.6 is 39.7 Å². The average Bonchev–Trinajstić information content (AvgIpc) is 2.45. The summed E-state index contributed by atoms with van der Waals surface area (Å²) < 4.78 is 28.3. The first-order chi connectivity index (χ1) is 10.3. The lowest BCUT2D eigenvalue weighted by Gasteiger charge is -2.19. The lowest BCUT2D eigenvalue weighted by Crippen LogP contribution is -2.01. The fourth-order valence-electron chi connectivity index (χ4n) is 1.45. The number of hydrogen-bond donors (Lipinski definition) is 0. The first kappa shape index (κ1) is 19.3. The molecule has 122 valence electrons. The minimum absolute atomic E-state index is 0.0633. The monoisotopic (exact) mass is 457 g/mol. The van der Waals surface area contributed by atoms with E-state index in [4.69, 9.17) is 13.6 Å². The SMILES string of the molecule is CCOP(=O)(OCC)OC(=C(Br)Br)c1ccc([N+](=O)[O-])cc1. The second-order valence-electron chi connectivity index (χ2n) is 3.77. The molecule has 0 aliphatic heterocycles. The van der Waals surface area contributed by atoms with Gasteiger partial charge >= 0.3 is 7.82 Å². The Balaban J connectivity index is 3.12. The van der Waals surface area contributed by atoms with Crippen molar-refractivity contribution in [2.75, 3.05) is 13.2 Å². The van der Waals surface area contributed by atoms with Crippen LogP contribution < -0.4 is 0 Å². The van der Waals surface area contributed by atoms with Gasteiger partial charge in [-0.2, -0.15) is 0 Å². The molecule has 10 heteroatoms. The molecule has 22 heavy (non-hydrogen) atoms. The first-order valence-corrected chi connectivity index (χ1v) is 9.26. The van der Waals surface area contributed by atoms with Crippen molar-refractivity contribution in [2.45, 2.75) is 13.8 Å². The van der Waals surface area contributed by atoms with Crippen LogP contribution in [0.5, 0.6) is 0 Å². The summed E-state index contributed by atoms with van der Waals surface area (Å²) in [6, 6.07) is 5.57. The lowest BCUT2D eigenvalue weighted by molar-refractivity contribution is -0.384. The normalized spacial score (nSPS) is 11.1. The fraction of sp³-hybridized carbons (Fsp3) is 0.333. The van der Waals surface area contributed by atoms with Crippen LogP contribution in [0.3, 0.4) is 0 Å². The Morgan fingerprint density at radius 1 is 1.18 bits per heavy atom. The van der Waals surface area contributed by atoms with Gasteiger partial charge in [-0.3, -0.25) is 19.2 Å². The van der Waals surface area contributed by atoms with Crippen LogP contribution in [0.15, 0.2) is 27.7 Å². The molecule has 0 N–H and O–H groups in total. The van der Waals surface area contributed by atoms with Crippen molar-refractivity contribution in [1.29, 1.82) is 0 Å². The molecule has 0 aromatic heterocycles. The van der Waals surface area contributed by atoms with Gasteiger partial charge in [0, 0.05) is 17.7 Å². The molecule has 0 saturated heterocycles. The molecule has 0 bridgehead atoms. The van der Waals surface area contributed by atoms with E-state index in [0.29, 0.717) is 8.96 Å². The quantitative estimate of drug-likeness (QED) is 0.230. The van der Waals surface area contributed by atoms with E-state index in [1.807, 2.05) is 0 Å². The molecular formula is C12H14Br2NO6P. The Morgan fingerprint density at radius 2 is 1.68 bits per heavy atom. The van der Waals surface area contributed by atoms with Gasteiger partial charge in [-0.1, -0.05) is 0 Å². The summed E-state index contributed by atoms with van der Waals surface area (Å²) >= 11 is 6.37. The summed E-state index contributed by atoms with van der Waals surface area (Å²) in [7, 11) is -3.78. The standard InChI is InChI=1S/C12H14Br2NO6P/c1-3-19-22(18,20-4-2)21-11(12(13)14)9-5-7-10(8-6-9)15(16)17/h5-8H,3-4H2,1-2H3. The molecule has 7 nitrogen and oxygen atoms in total. The molecular weight excluding hydrogens is 445 g/mol. The smallest absolute Gasteiger partial charge is 0.402 e. The zero-order valence-electron chi connectivity index (χ0n) is 11.8. The first-order valence-electron chi connectivity index (χ1n) is 6.21. The van der Waals surface area contributed by atoms with E-state index in [9.17, 15) is 14.7 Å². The molecule has 1 aromatic carbocycles. The second kappa shape index (κ2) is 8.79. The highest BCUT2D eigenvalue weighted by Gasteiger charge is 2.30. The molecule has 0 heterocycles. The van der Waals surface area contributed by atoms with Crippen molar-refractivity contribution < 1.29 is 23.1 Å². The van der Waals surface area contributed by atoms with Crippen molar-refractivity contribution >= 4 is 51.1 Å². The maximum atomic E-state index is 12.4. The van der Waals surface area contributed by atoms with Crippen LogP contribution in [0.25, 0.3) is 5.76 Å². The van der Waals surface area contributed by atoms with Crippen LogP contribution in [0.2, 0.25) is 0 Å². The molecule has 1 aromatic rings. The van der Waals surface area contributed by atoms with Gasteiger partial charge < -0.3 is 4.52 Å². The van der Waals surface area contributed by atoms with E-state index < -0.39 is 12.7 Å². The van der Waals surface area contributed by atoms with E-state index in [2.05, 4.69) is 31.9 Å². The molecule has 0 atom stereocenters. The van der Waals surface area contributed by atoms with Crippen LogP contribution in [-0.2, 0) is 18.1 Å². The van der Waals surface area contributed by atoms with Gasteiger partial charge in [0.1, 0.15) is 3.39 Å². The summed E-state index contributed by atoms with van der Waals surface area (Å²) in [5, 5.41) is 10.7. The average molecular weight is 459 g/mol. The number of non-ortho nitro benzene ring substituents is 1. The molecule has 0 unspecified atom stereocenters. The molecule has 0 amide bonds. The van der Waals surface area contributed by atoms with Gasteiger partial charge in [0.25, 0.3) is 5.69 Å². The Morgan fingerprint density at radius 3 is 2.05 bits per heavy atom. The molecule has 0 aliphatic rings. The van der Waals surface area contributed by atoms with E-state index >= 15 is 0 Å². The Bertz CT molecular complexity index is 590. The van der Waals surface area contributed by atoms with Crippen molar-refractivity contribution in [2.24, 2.45) is 0 Å². The van der Waals surface area contributed by atoms with Gasteiger partial charge in [-0.05, 0) is 57.8 Å². The molecule has 0 aliphatic carbocycles. The number of rotatable bonds is 8. The van der Waals surface area contributed by atoms with E-state index in [-0.39, 0.29) is 24.7 Å². The number of nitrogens with zero attached hydrogens (tertiary/aromatic N) is 1. The molecule has 0 saturated carbocycles. The predicted molar refractivity (Wildman–Crippen MR) is 89.8 cm³/mol. The highest BCUT2D eigenvalue weighted by molar-refractivity contribution is 9.28. The number of nitro benzene ring substituents is 1. The largest absolute Gasteiger partial charge is 0.530 e. The highest BCUT2D eigenvalue weighted by atomic mass is 79.9. The van der Waals surface area contributed by atoms with Crippen LogP contribution in [0, 0.1) is 10.1 Å². The summed E-state index contributed by atoms with van der Waals surface area (Å²) in [6.45, 7) is 3.61. The maximum Gasteiger partial charge on any atom is 0.530 e. The molecule has 1 rings (SSSR count). The minimum atomic E-state index is -3.78.